The van der Waals surface area contributed by atoms with Crippen molar-refractivity contribution in [2.24, 2.45) is 5.41 Å². The smallest absolute Gasteiger partial charge is 0.212 e. The van der Waals surface area contributed by atoms with E-state index in [-0.39, 0.29) is 11.3 Å². The number of hydrogen-bond donors (Lipinski definition) is 2. The summed E-state index contributed by atoms with van der Waals surface area (Å²) in [5, 5.41) is 6.59. The molecular formula is C16H28N2O. The van der Waals surface area contributed by atoms with Crippen LogP contribution < -0.4 is 10.6 Å². The van der Waals surface area contributed by atoms with Gasteiger partial charge in [-0.25, -0.2) is 0 Å². The monoisotopic (exact) mass is 264 g/mol. The van der Waals surface area contributed by atoms with Crippen LogP contribution in [0.25, 0.3) is 0 Å². The molecular weight excluding hydrogens is 236 g/mol. The van der Waals surface area contributed by atoms with E-state index in [9.17, 15) is 4.79 Å². The van der Waals surface area contributed by atoms with Crippen LogP contribution in [-0.2, 0) is 4.79 Å². The van der Waals surface area contributed by atoms with Gasteiger partial charge in [-0.15, -0.1) is 0 Å². The predicted molar refractivity (Wildman–Crippen MR) is 80.8 cm³/mol. The summed E-state index contributed by atoms with van der Waals surface area (Å²) in [4.78, 5) is 11.8. The van der Waals surface area contributed by atoms with Crippen molar-refractivity contribution in [2.45, 2.75) is 59.9 Å². The Kier molecular flexibility index (Phi) is 4.49. The van der Waals surface area contributed by atoms with Gasteiger partial charge in [0.2, 0.25) is 5.78 Å². The Balaban J connectivity index is 2.55. The first kappa shape index (κ1) is 15.8. The zero-order valence-electron chi connectivity index (χ0n) is 13.2. The van der Waals surface area contributed by atoms with Gasteiger partial charge in [-0.3, -0.25) is 4.79 Å². The third-order valence-corrected chi connectivity index (χ3v) is 2.96. The summed E-state index contributed by atoms with van der Waals surface area (Å²) < 4.78 is 0. The minimum absolute atomic E-state index is 0.0440. The Bertz CT molecular complexity index is 405. The van der Waals surface area contributed by atoms with Crippen molar-refractivity contribution in [2.75, 3.05) is 6.54 Å². The van der Waals surface area contributed by atoms with Gasteiger partial charge < -0.3 is 10.6 Å². The van der Waals surface area contributed by atoms with Crippen LogP contribution in [0.4, 0.5) is 0 Å². The molecule has 3 nitrogen and oxygen atoms in total. The lowest BCUT2D eigenvalue weighted by molar-refractivity contribution is -0.113. The molecule has 1 rings (SSSR count). The van der Waals surface area contributed by atoms with Crippen molar-refractivity contribution < 1.29 is 4.79 Å². The number of hydrogen-bond acceptors (Lipinski definition) is 3. The molecule has 2 N–H and O–H groups in total. The average molecular weight is 264 g/mol. The van der Waals surface area contributed by atoms with Gasteiger partial charge in [0.05, 0.1) is 5.70 Å². The zero-order chi connectivity index (χ0) is 14.8. The second-order valence-corrected chi connectivity index (χ2v) is 7.52. The quantitative estimate of drug-likeness (QED) is 0.592. The first-order chi connectivity index (χ1) is 8.51. The number of allylic oxidation sites excluding steroid dienone is 2. The third-order valence-electron chi connectivity index (χ3n) is 2.96. The van der Waals surface area contributed by atoms with Crippen molar-refractivity contribution >= 4 is 5.78 Å². The van der Waals surface area contributed by atoms with Crippen molar-refractivity contribution in [3.63, 3.8) is 0 Å². The van der Waals surface area contributed by atoms with Crippen LogP contribution in [0, 0.1) is 5.41 Å². The first-order valence-electron chi connectivity index (χ1n) is 7.01. The molecule has 0 aromatic heterocycles. The van der Waals surface area contributed by atoms with Gasteiger partial charge in [0.25, 0.3) is 0 Å². The SMILES string of the molecule is C=C1C(=O)C(NCCCC(C)(C)C)=C1NC(C)(C)C. The largest absolute Gasteiger partial charge is 0.380 e. The van der Waals surface area contributed by atoms with Gasteiger partial charge in [-0.05, 0) is 39.0 Å². The summed E-state index contributed by atoms with van der Waals surface area (Å²) in [5.74, 6) is 0.0440. The molecule has 0 bridgehead atoms. The Labute approximate surface area is 117 Å². The van der Waals surface area contributed by atoms with Gasteiger partial charge in [0.1, 0.15) is 5.70 Å². The summed E-state index contributed by atoms with van der Waals surface area (Å²) in [5.41, 5.74) is 2.46. The van der Waals surface area contributed by atoms with E-state index in [1.54, 1.807) is 0 Å². The van der Waals surface area contributed by atoms with Gasteiger partial charge in [0.15, 0.2) is 0 Å². The van der Waals surface area contributed by atoms with Crippen LogP contribution in [0.5, 0.6) is 0 Å². The van der Waals surface area contributed by atoms with Crippen LogP contribution in [0.15, 0.2) is 23.5 Å². The van der Waals surface area contributed by atoms with Crippen LogP contribution in [0.2, 0.25) is 0 Å². The lowest BCUT2D eigenvalue weighted by Crippen LogP contribution is -2.45. The standard InChI is InChI=1S/C16H28N2O/c1-11-12(18-16(5,6)7)13(14(11)19)17-10-8-9-15(2,3)4/h17-18H,1,8-10H2,2-7H3. The molecule has 1 aliphatic carbocycles. The fourth-order valence-corrected chi connectivity index (χ4v) is 1.98. The Morgan fingerprint density at radius 2 is 1.63 bits per heavy atom. The zero-order valence-corrected chi connectivity index (χ0v) is 13.2. The molecule has 0 aromatic rings. The minimum atomic E-state index is -0.0582. The molecule has 0 amide bonds. The predicted octanol–water partition coefficient (Wildman–Crippen LogP) is 3.14. The Hall–Kier alpha value is -1.25. The Morgan fingerprint density at radius 3 is 2.11 bits per heavy atom. The van der Waals surface area contributed by atoms with Gasteiger partial charge in [0, 0.05) is 17.7 Å². The van der Waals surface area contributed by atoms with E-state index in [4.69, 9.17) is 0 Å². The van der Waals surface area contributed by atoms with Gasteiger partial charge in [-0.1, -0.05) is 27.4 Å². The lowest BCUT2D eigenvalue weighted by atomic mass is 9.89. The summed E-state index contributed by atoms with van der Waals surface area (Å²) in [6.45, 7) is 17.6. The molecule has 0 saturated carbocycles. The maximum atomic E-state index is 11.8. The van der Waals surface area contributed by atoms with E-state index in [1.807, 2.05) is 0 Å². The van der Waals surface area contributed by atoms with Crippen LogP contribution in [-0.4, -0.2) is 17.9 Å². The first-order valence-corrected chi connectivity index (χ1v) is 7.01. The summed E-state index contributed by atoms with van der Waals surface area (Å²) >= 11 is 0. The second kappa shape index (κ2) is 5.40. The maximum absolute atomic E-state index is 11.8. The number of carbonyl (C=O) groups is 1. The normalized spacial score (nSPS) is 16.5. The molecule has 0 aliphatic heterocycles. The summed E-state index contributed by atoms with van der Waals surface area (Å²) in [7, 11) is 0. The molecule has 3 heteroatoms. The highest BCUT2D eigenvalue weighted by molar-refractivity contribution is 6.18. The van der Waals surface area contributed by atoms with Crippen molar-refractivity contribution in [1.29, 1.82) is 0 Å². The van der Waals surface area contributed by atoms with Crippen LogP contribution >= 0.6 is 0 Å². The van der Waals surface area contributed by atoms with E-state index in [1.165, 1.54) is 0 Å². The van der Waals surface area contributed by atoms with Crippen LogP contribution in [0.3, 0.4) is 0 Å². The maximum Gasteiger partial charge on any atom is 0.212 e. The topological polar surface area (TPSA) is 41.1 Å². The lowest BCUT2D eigenvalue weighted by Gasteiger charge is -2.33. The van der Waals surface area contributed by atoms with Crippen molar-refractivity contribution in [3.05, 3.63) is 23.5 Å². The van der Waals surface area contributed by atoms with E-state index in [2.05, 4.69) is 58.8 Å². The number of carbonyl (C=O) groups excluding carboxylic acids is 1. The molecule has 108 valence electrons. The van der Waals surface area contributed by atoms with Crippen molar-refractivity contribution in [3.8, 4) is 0 Å². The molecule has 0 aromatic carbocycles. The molecule has 0 atom stereocenters. The number of ketones is 1. The molecule has 19 heavy (non-hydrogen) atoms. The van der Waals surface area contributed by atoms with E-state index < -0.39 is 0 Å². The second-order valence-electron chi connectivity index (χ2n) is 7.52. The molecule has 0 spiro atoms. The highest BCUT2D eigenvalue weighted by Gasteiger charge is 2.33. The summed E-state index contributed by atoms with van der Waals surface area (Å²) in [6.07, 6.45) is 2.21. The molecule has 0 unspecified atom stereocenters. The molecule has 0 radical (unpaired) electrons. The Morgan fingerprint density at radius 1 is 1.05 bits per heavy atom. The average Bonchev–Trinajstić information content (AvgIpc) is 2.23. The van der Waals surface area contributed by atoms with E-state index >= 15 is 0 Å². The minimum Gasteiger partial charge on any atom is -0.380 e. The molecule has 0 heterocycles. The number of rotatable bonds is 5. The van der Waals surface area contributed by atoms with E-state index in [0.29, 0.717) is 16.7 Å². The highest BCUT2D eigenvalue weighted by atomic mass is 16.1. The fraction of sp³-hybridized carbons (Fsp3) is 0.688. The van der Waals surface area contributed by atoms with Gasteiger partial charge in [-0.2, -0.15) is 0 Å². The fourth-order valence-electron chi connectivity index (χ4n) is 1.98. The summed E-state index contributed by atoms with van der Waals surface area (Å²) in [6, 6.07) is 0. The third kappa shape index (κ3) is 4.73. The molecule has 1 aliphatic rings. The van der Waals surface area contributed by atoms with Crippen LogP contribution in [0.1, 0.15) is 54.4 Å². The number of Topliss-reactive ketones (excluding diaryl/α,β-unsaturated/α-hetero) is 1. The van der Waals surface area contributed by atoms with Crippen molar-refractivity contribution in [1.82, 2.24) is 10.6 Å². The number of nitrogens with one attached hydrogen (secondary N) is 2. The molecule has 0 saturated heterocycles. The van der Waals surface area contributed by atoms with Gasteiger partial charge >= 0.3 is 0 Å². The highest BCUT2D eigenvalue weighted by Crippen LogP contribution is 2.27. The molecule has 0 fully saturated rings. The van der Waals surface area contributed by atoms with E-state index in [0.717, 1.165) is 25.1 Å².